The molecule has 0 spiro atoms. The van der Waals surface area contributed by atoms with Gasteiger partial charge < -0.3 is 20.1 Å². The zero-order valence-electron chi connectivity index (χ0n) is 15.1. The lowest BCUT2D eigenvalue weighted by Gasteiger charge is -2.53. The van der Waals surface area contributed by atoms with Crippen LogP contribution < -0.4 is 4.74 Å². The summed E-state index contributed by atoms with van der Waals surface area (Å²) in [6.07, 6.45) is 3.15. The van der Waals surface area contributed by atoms with E-state index in [0.717, 1.165) is 19.3 Å². The molecule has 1 aromatic carbocycles. The number of hydrogen-bond donors (Lipinski definition) is 3. The number of fused-ring (bicyclic) bond motifs is 4. The second-order valence-electron chi connectivity index (χ2n) is 8.82. The van der Waals surface area contributed by atoms with E-state index in [1.54, 1.807) is 0 Å². The van der Waals surface area contributed by atoms with Crippen LogP contribution in [0.4, 0.5) is 0 Å². The first-order chi connectivity index (χ1) is 11.7. The van der Waals surface area contributed by atoms with Crippen molar-refractivity contribution in [2.45, 2.75) is 64.4 Å². The highest BCUT2D eigenvalue weighted by molar-refractivity contribution is 6.04. The molecular formula is C20H26O5. The number of aromatic hydroxyl groups is 2. The number of Topliss-reactive ketones (excluding diaryl/α,β-unsaturated/α-hetero) is 1. The van der Waals surface area contributed by atoms with Gasteiger partial charge in [0.1, 0.15) is 11.9 Å². The molecule has 0 aromatic heterocycles. The van der Waals surface area contributed by atoms with E-state index >= 15 is 0 Å². The first-order valence-electron chi connectivity index (χ1n) is 9.12. The molecule has 1 heterocycles. The molecule has 4 rings (SSSR count). The van der Waals surface area contributed by atoms with E-state index in [0.29, 0.717) is 24.0 Å². The minimum atomic E-state index is -0.489. The number of phenolic OH excluding ortho intramolecular Hbond substituents is 2. The molecule has 0 bridgehead atoms. The Morgan fingerprint density at radius 1 is 1.12 bits per heavy atom. The molecule has 0 saturated heterocycles. The lowest BCUT2D eigenvalue weighted by Crippen LogP contribution is -2.49. The highest BCUT2D eigenvalue weighted by atomic mass is 16.5. The summed E-state index contributed by atoms with van der Waals surface area (Å²) in [6, 6.07) is 0. The fourth-order valence-electron chi connectivity index (χ4n) is 5.64. The van der Waals surface area contributed by atoms with E-state index in [1.807, 2.05) is 0 Å². The number of carbonyl (C=O) groups excluding carboxylic acids is 1. The molecule has 0 unspecified atom stereocenters. The largest absolute Gasteiger partial charge is 0.507 e. The molecular weight excluding hydrogens is 320 g/mol. The minimum Gasteiger partial charge on any atom is -0.507 e. The van der Waals surface area contributed by atoms with Crippen LogP contribution in [0.2, 0.25) is 0 Å². The van der Waals surface area contributed by atoms with Gasteiger partial charge in [-0.25, -0.2) is 0 Å². The third-order valence-electron chi connectivity index (χ3n) is 6.89. The average Bonchev–Trinajstić information content (AvgIpc) is 2.98. The number of ether oxygens (including phenoxy) is 1. The molecule has 3 aliphatic rings. The van der Waals surface area contributed by atoms with Gasteiger partial charge in [0.15, 0.2) is 17.3 Å². The summed E-state index contributed by atoms with van der Waals surface area (Å²) in [5.41, 5.74) is 0.894. The standard InChI is InChI=1S/C20H26O5/c1-19(2)5-4-6-20(3)13(19)8-12(22)14-15(20)17(24)18-11(16(14)23)7-10(9-21)25-18/h10,13,21,23-24H,4-9H2,1-3H3/t10-,13+,20+/m1/s1. The molecule has 1 fully saturated rings. The van der Waals surface area contributed by atoms with Gasteiger partial charge >= 0.3 is 0 Å². The normalized spacial score (nSPS) is 32.6. The van der Waals surface area contributed by atoms with E-state index in [4.69, 9.17) is 4.74 Å². The Kier molecular flexibility index (Phi) is 3.43. The fraction of sp³-hybridized carbons (Fsp3) is 0.650. The molecule has 1 saturated carbocycles. The summed E-state index contributed by atoms with van der Waals surface area (Å²) in [7, 11) is 0. The monoisotopic (exact) mass is 346 g/mol. The Hall–Kier alpha value is -1.75. The Labute approximate surface area is 147 Å². The summed E-state index contributed by atoms with van der Waals surface area (Å²) in [6.45, 7) is 6.29. The summed E-state index contributed by atoms with van der Waals surface area (Å²) in [5.74, 6) is 0.180. The van der Waals surface area contributed by atoms with Gasteiger partial charge in [-0.05, 0) is 24.2 Å². The minimum absolute atomic E-state index is 0.00405. The topological polar surface area (TPSA) is 87.0 Å². The van der Waals surface area contributed by atoms with Crippen LogP contribution in [0, 0.1) is 11.3 Å². The van der Waals surface area contributed by atoms with Crippen molar-refractivity contribution in [3.05, 3.63) is 16.7 Å². The Bertz CT molecular complexity index is 766. The number of aliphatic hydroxyl groups is 1. The van der Waals surface area contributed by atoms with Crippen molar-refractivity contribution in [1.82, 2.24) is 0 Å². The second-order valence-corrected chi connectivity index (χ2v) is 8.82. The molecule has 3 N–H and O–H groups in total. The van der Waals surface area contributed by atoms with Crippen LogP contribution in [0.25, 0.3) is 0 Å². The quantitative estimate of drug-likeness (QED) is 0.680. The smallest absolute Gasteiger partial charge is 0.168 e. The molecule has 0 amide bonds. The van der Waals surface area contributed by atoms with Crippen LogP contribution in [0.5, 0.6) is 17.2 Å². The summed E-state index contributed by atoms with van der Waals surface area (Å²) in [5, 5.41) is 31.2. The Balaban J connectivity index is 1.98. The van der Waals surface area contributed by atoms with Crippen molar-refractivity contribution < 1.29 is 24.9 Å². The first kappa shape index (κ1) is 16.7. The van der Waals surface area contributed by atoms with E-state index < -0.39 is 6.10 Å². The number of rotatable bonds is 1. The summed E-state index contributed by atoms with van der Waals surface area (Å²) >= 11 is 0. The van der Waals surface area contributed by atoms with Gasteiger partial charge in [-0.15, -0.1) is 0 Å². The van der Waals surface area contributed by atoms with Crippen LogP contribution in [0.3, 0.4) is 0 Å². The van der Waals surface area contributed by atoms with Gasteiger partial charge in [-0.2, -0.15) is 0 Å². The van der Waals surface area contributed by atoms with E-state index in [1.165, 1.54) is 0 Å². The molecule has 5 nitrogen and oxygen atoms in total. The zero-order chi connectivity index (χ0) is 18.1. The summed E-state index contributed by atoms with van der Waals surface area (Å²) in [4.78, 5) is 12.9. The number of hydrogen-bond acceptors (Lipinski definition) is 5. The van der Waals surface area contributed by atoms with Crippen molar-refractivity contribution >= 4 is 5.78 Å². The maximum absolute atomic E-state index is 12.9. The predicted octanol–water partition coefficient (Wildman–Crippen LogP) is 3.06. The molecule has 2 aliphatic carbocycles. The number of carbonyl (C=O) groups is 1. The third-order valence-corrected chi connectivity index (χ3v) is 6.89. The van der Waals surface area contributed by atoms with Gasteiger partial charge in [0.25, 0.3) is 0 Å². The highest BCUT2D eigenvalue weighted by Gasteiger charge is 2.55. The van der Waals surface area contributed by atoms with Crippen LogP contribution in [0.15, 0.2) is 0 Å². The summed E-state index contributed by atoms with van der Waals surface area (Å²) < 4.78 is 5.67. The number of phenols is 2. The molecule has 25 heavy (non-hydrogen) atoms. The SMILES string of the molecule is CC1(C)CCC[C@]2(C)c3c(O)c4c(c(O)c3C(=O)C[C@@H]12)C[C@H](CO)O4. The van der Waals surface area contributed by atoms with Gasteiger partial charge in [0.05, 0.1) is 12.2 Å². The number of benzene rings is 1. The van der Waals surface area contributed by atoms with Gasteiger partial charge in [-0.3, -0.25) is 4.79 Å². The predicted molar refractivity (Wildman–Crippen MR) is 92.4 cm³/mol. The van der Waals surface area contributed by atoms with Gasteiger partial charge in [0.2, 0.25) is 0 Å². The fourth-order valence-corrected chi connectivity index (χ4v) is 5.64. The lowest BCUT2D eigenvalue weighted by molar-refractivity contribution is 0.0350. The van der Waals surface area contributed by atoms with Crippen molar-refractivity contribution in [2.75, 3.05) is 6.61 Å². The zero-order valence-corrected chi connectivity index (χ0v) is 15.1. The number of ketones is 1. The highest BCUT2D eigenvalue weighted by Crippen LogP contribution is 2.62. The van der Waals surface area contributed by atoms with E-state index in [2.05, 4.69) is 20.8 Å². The maximum Gasteiger partial charge on any atom is 0.168 e. The van der Waals surface area contributed by atoms with Gasteiger partial charge in [0, 0.05) is 29.4 Å². The van der Waals surface area contributed by atoms with Crippen molar-refractivity contribution in [1.29, 1.82) is 0 Å². The van der Waals surface area contributed by atoms with Crippen molar-refractivity contribution in [3.63, 3.8) is 0 Å². The van der Waals surface area contributed by atoms with E-state index in [9.17, 15) is 20.1 Å². The molecule has 3 atom stereocenters. The molecule has 1 aliphatic heterocycles. The maximum atomic E-state index is 12.9. The Morgan fingerprint density at radius 2 is 1.84 bits per heavy atom. The molecule has 0 radical (unpaired) electrons. The second kappa shape index (κ2) is 5.13. The average molecular weight is 346 g/mol. The Morgan fingerprint density at radius 3 is 2.52 bits per heavy atom. The number of aliphatic hydroxyl groups excluding tert-OH is 1. The van der Waals surface area contributed by atoms with Crippen LogP contribution in [-0.2, 0) is 11.8 Å². The van der Waals surface area contributed by atoms with Crippen molar-refractivity contribution in [2.24, 2.45) is 11.3 Å². The molecule has 136 valence electrons. The van der Waals surface area contributed by atoms with Crippen molar-refractivity contribution in [3.8, 4) is 17.2 Å². The van der Waals surface area contributed by atoms with Crippen LogP contribution >= 0.6 is 0 Å². The molecule has 5 heteroatoms. The molecule has 1 aromatic rings. The van der Waals surface area contributed by atoms with Crippen LogP contribution in [-0.4, -0.2) is 33.8 Å². The van der Waals surface area contributed by atoms with Gasteiger partial charge in [-0.1, -0.05) is 27.2 Å². The van der Waals surface area contributed by atoms with Crippen LogP contribution in [0.1, 0.15) is 67.9 Å². The first-order valence-corrected chi connectivity index (χ1v) is 9.12. The third kappa shape index (κ3) is 2.08. The lowest BCUT2D eigenvalue weighted by atomic mass is 9.50. The van der Waals surface area contributed by atoms with E-state index in [-0.39, 0.29) is 52.0 Å².